The summed E-state index contributed by atoms with van der Waals surface area (Å²) in [4.78, 5) is 6.85. The standard InChI is InChI=1S/C19H21BN3O/c1-12-8-9-22(4)17(10-12)20-13(2)11-16-18(23(20)5)15-7-6-14(3)21-19(15)24-16/h6-11H,1-5H3/q+1. The minimum absolute atomic E-state index is 0.185. The van der Waals surface area contributed by atoms with Crippen molar-refractivity contribution in [3.63, 3.8) is 0 Å². The summed E-state index contributed by atoms with van der Waals surface area (Å²) in [5.41, 5.74) is 6.61. The van der Waals surface area contributed by atoms with E-state index in [9.17, 15) is 0 Å². The number of rotatable bonds is 1. The molecule has 1 aliphatic rings. The van der Waals surface area contributed by atoms with Gasteiger partial charge in [-0.3, -0.25) is 0 Å². The highest BCUT2D eigenvalue weighted by atomic mass is 16.3. The number of pyridine rings is 2. The molecule has 3 aromatic heterocycles. The molecule has 0 amide bonds. The lowest BCUT2D eigenvalue weighted by molar-refractivity contribution is -0.654. The van der Waals surface area contributed by atoms with Gasteiger partial charge in [-0.05, 0) is 51.6 Å². The summed E-state index contributed by atoms with van der Waals surface area (Å²) < 4.78 is 8.21. The molecule has 0 aliphatic carbocycles. The van der Waals surface area contributed by atoms with Crippen molar-refractivity contribution in [1.82, 2.24) is 4.98 Å². The Labute approximate surface area is 142 Å². The number of hydrogen-bond acceptors (Lipinski definition) is 3. The van der Waals surface area contributed by atoms with E-state index in [2.05, 4.69) is 72.8 Å². The molecule has 120 valence electrons. The van der Waals surface area contributed by atoms with Crippen LogP contribution in [-0.2, 0) is 7.05 Å². The monoisotopic (exact) mass is 318 g/mol. The molecule has 4 nitrogen and oxygen atoms in total. The Bertz CT molecular complexity index is 990. The van der Waals surface area contributed by atoms with Crippen molar-refractivity contribution >= 4 is 35.3 Å². The Kier molecular flexibility index (Phi) is 3.27. The average molecular weight is 318 g/mol. The minimum Gasteiger partial charge on any atom is -0.436 e. The first-order chi connectivity index (χ1) is 11.5. The van der Waals surface area contributed by atoms with Crippen LogP contribution in [-0.4, -0.2) is 18.9 Å². The van der Waals surface area contributed by atoms with Crippen LogP contribution < -0.4 is 15.0 Å². The fourth-order valence-corrected chi connectivity index (χ4v) is 3.66. The zero-order valence-electron chi connectivity index (χ0n) is 14.8. The average Bonchev–Trinajstić information content (AvgIpc) is 2.87. The van der Waals surface area contributed by atoms with E-state index in [-0.39, 0.29) is 6.85 Å². The maximum atomic E-state index is 6.01. The molecule has 3 aromatic rings. The third-order valence-corrected chi connectivity index (χ3v) is 4.85. The van der Waals surface area contributed by atoms with Gasteiger partial charge < -0.3 is 9.23 Å². The summed E-state index contributed by atoms with van der Waals surface area (Å²) in [7, 11) is 4.24. The van der Waals surface area contributed by atoms with Gasteiger partial charge in [-0.2, -0.15) is 0 Å². The number of aromatic nitrogens is 2. The molecule has 0 fully saturated rings. The molecule has 4 rings (SSSR count). The summed E-state index contributed by atoms with van der Waals surface area (Å²) in [5.74, 6) is 0.898. The lowest BCUT2D eigenvalue weighted by atomic mass is 9.49. The second-order valence-corrected chi connectivity index (χ2v) is 6.76. The molecule has 1 aliphatic heterocycles. The SMILES string of the molecule is CC1=Cc2oc3nc(C)ccc3c2N(C)B1c1cc(C)cc[n+]1C. The van der Waals surface area contributed by atoms with Crippen LogP contribution in [0.3, 0.4) is 0 Å². The van der Waals surface area contributed by atoms with Gasteiger partial charge in [0.15, 0.2) is 17.6 Å². The normalized spacial score (nSPS) is 14.1. The lowest BCUT2D eigenvalue weighted by Gasteiger charge is -2.29. The van der Waals surface area contributed by atoms with Crippen LogP contribution in [0.1, 0.15) is 23.9 Å². The van der Waals surface area contributed by atoms with Crippen LogP contribution in [0.25, 0.3) is 17.2 Å². The summed E-state index contributed by atoms with van der Waals surface area (Å²) in [6.45, 7) is 6.47. The molecular weight excluding hydrogens is 297 g/mol. The first-order valence-corrected chi connectivity index (χ1v) is 8.23. The van der Waals surface area contributed by atoms with Crippen molar-refractivity contribution in [2.45, 2.75) is 20.8 Å². The first kappa shape index (κ1) is 15.0. The zero-order valence-corrected chi connectivity index (χ0v) is 14.8. The van der Waals surface area contributed by atoms with Crippen molar-refractivity contribution in [3.8, 4) is 0 Å². The molecule has 0 saturated carbocycles. The van der Waals surface area contributed by atoms with Gasteiger partial charge in [0.05, 0.1) is 11.1 Å². The van der Waals surface area contributed by atoms with Crippen molar-refractivity contribution in [3.05, 3.63) is 53.0 Å². The van der Waals surface area contributed by atoms with Gasteiger partial charge in [-0.1, -0.05) is 5.47 Å². The molecule has 0 radical (unpaired) electrons. The molecule has 0 spiro atoms. The molecule has 0 atom stereocenters. The summed E-state index contributed by atoms with van der Waals surface area (Å²) in [5, 5.41) is 1.07. The number of fused-ring (bicyclic) bond motifs is 3. The highest BCUT2D eigenvalue weighted by Crippen LogP contribution is 2.38. The van der Waals surface area contributed by atoms with Crippen LogP contribution >= 0.6 is 0 Å². The van der Waals surface area contributed by atoms with Crippen LogP contribution in [0.15, 0.2) is 40.4 Å². The van der Waals surface area contributed by atoms with E-state index in [0.29, 0.717) is 5.71 Å². The molecule has 0 aromatic carbocycles. The van der Waals surface area contributed by atoms with E-state index in [1.807, 2.05) is 13.0 Å². The van der Waals surface area contributed by atoms with Gasteiger partial charge >= 0.3 is 6.85 Å². The maximum absolute atomic E-state index is 6.01. The summed E-state index contributed by atoms with van der Waals surface area (Å²) in [6.07, 6.45) is 4.28. The van der Waals surface area contributed by atoms with Crippen molar-refractivity contribution < 1.29 is 8.98 Å². The Morgan fingerprint density at radius 3 is 2.75 bits per heavy atom. The lowest BCUT2D eigenvalue weighted by Crippen LogP contribution is -2.62. The van der Waals surface area contributed by atoms with Crippen LogP contribution in [0.5, 0.6) is 0 Å². The fourth-order valence-electron chi connectivity index (χ4n) is 3.66. The number of anilines is 1. The van der Waals surface area contributed by atoms with E-state index >= 15 is 0 Å². The number of nitrogens with zero attached hydrogens (tertiary/aromatic N) is 3. The van der Waals surface area contributed by atoms with Crippen molar-refractivity contribution in [1.29, 1.82) is 0 Å². The van der Waals surface area contributed by atoms with Gasteiger partial charge in [0.25, 0.3) is 0 Å². The van der Waals surface area contributed by atoms with E-state index in [4.69, 9.17) is 4.42 Å². The third kappa shape index (κ3) is 2.15. The fraction of sp³-hybridized carbons (Fsp3) is 0.263. The highest BCUT2D eigenvalue weighted by molar-refractivity contribution is 6.83. The second kappa shape index (κ2) is 5.23. The molecule has 0 unspecified atom stereocenters. The molecule has 0 bridgehead atoms. The first-order valence-electron chi connectivity index (χ1n) is 8.23. The molecule has 4 heterocycles. The van der Waals surface area contributed by atoms with Crippen LogP contribution in [0, 0.1) is 13.8 Å². The number of allylic oxidation sites excluding steroid dienone is 1. The van der Waals surface area contributed by atoms with Crippen molar-refractivity contribution in [2.75, 3.05) is 11.9 Å². The van der Waals surface area contributed by atoms with E-state index in [1.165, 1.54) is 16.6 Å². The number of aryl methyl sites for hydroxylation is 3. The number of furan rings is 1. The molecular formula is C19H21BN3O+. The number of hydrogen-bond donors (Lipinski definition) is 0. The Hall–Kier alpha value is -2.56. The quantitative estimate of drug-likeness (QED) is 0.511. The second-order valence-electron chi connectivity index (χ2n) is 6.76. The maximum Gasteiger partial charge on any atom is 0.399 e. The molecule has 0 N–H and O–H groups in total. The van der Waals surface area contributed by atoms with Gasteiger partial charge in [-0.25, -0.2) is 9.55 Å². The Morgan fingerprint density at radius 2 is 1.96 bits per heavy atom. The van der Waals surface area contributed by atoms with E-state index in [0.717, 1.165) is 22.5 Å². The zero-order chi connectivity index (χ0) is 17.0. The predicted molar refractivity (Wildman–Crippen MR) is 98.5 cm³/mol. The Balaban J connectivity index is 1.93. The van der Waals surface area contributed by atoms with Crippen LogP contribution in [0.2, 0.25) is 0 Å². The van der Waals surface area contributed by atoms with E-state index < -0.39 is 0 Å². The van der Waals surface area contributed by atoms with Crippen molar-refractivity contribution in [2.24, 2.45) is 7.05 Å². The Morgan fingerprint density at radius 1 is 1.17 bits per heavy atom. The van der Waals surface area contributed by atoms with E-state index in [1.54, 1.807) is 0 Å². The summed E-state index contributed by atoms with van der Waals surface area (Å²) >= 11 is 0. The topological polar surface area (TPSA) is 33.2 Å². The molecule has 5 heteroatoms. The highest BCUT2D eigenvalue weighted by Gasteiger charge is 2.38. The van der Waals surface area contributed by atoms with Gasteiger partial charge in [0.1, 0.15) is 7.05 Å². The minimum atomic E-state index is 0.185. The van der Waals surface area contributed by atoms with Gasteiger partial charge in [0, 0.05) is 17.8 Å². The third-order valence-electron chi connectivity index (χ3n) is 4.85. The van der Waals surface area contributed by atoms with Gasteiger partial charge in [0.2, 0.25) is 5.71 Å². The smallest absolute Gasteiger partial charge is 0.399 e. The van der Waals surface area contributed by atoms with Crippen LogP contribution in [0.4, 0.5) is 5.69 Å². The predicted octanol–water partition coefficient (Wildman–Crippen LogP) is 2.56. The van der Waals surface area contributed by atoms with Gasteiger partial charge in [-0.15, -0.1) is 0 Å². The summed E-state index contributed by atoms with van der Waals surface area (Å²) in [6, 6.07) is 8.54. The largest absolute Gasteiger partial charge is 0.436 e. The molecule has 0 saturated heterocycles. The molecule has 24 heavy (non-hydrogen) atoms.